The van der Waals surface area contributed by atoms with E-state index in [0.29, 0.717) is 6.42 Å². The lowest BCUT2D eigenvalue weighted by Crippen LogP contribution is -2.02. The van der Waals surface area contributed by atoms with Crippen LogP contribution < -0.4 is 0 Å². The third-order valence-electron chi connectivity index (χ3n) is 2.58. The topological polar surface area (TPSA) is 48.1 Å². The molecular formula is C13H18N2O2. The van der Waals surface area contributed by atoms with Crippen LogP contribution in [0.5, 0.6) is 0 Å². The SMILES string of the molecule is CC.CCn1ccc2c1C=CC=C([N+](=O)[O-])C2. The Morgan fingerprint density at radius 1 is 1.47 bits per heavy atom. The van der Waals surface area contributed by atoms with Crippen molar-refractivity contribution < 1.29 is 4.92 Å². The molecule has 0 N–H and O–H groups in total. The average Bonchev–Trinajstić information content (AvgIpc) is 2.60. The number of nitro groups is 1. The van der Waals surface area contributed by atoms with E-state index in [1.807, 2.05) is 32.2 Å². The van der Waals surface area contributed by atoms with E-state index in [-0.39, 0.29) is 10.6 Å². The Hall–Kier alpha value is -1.84. The van der Waals surface area contributed by atoms with E-state index in [0.717, 1.165) is 17.8 Å². The molecular weight excluding hydrogens is 216 g/mol. The zero-order valence-electron chi connectivity index (χ0n) is 10.5. The molecule has 4 nitrogen and oxygen atoms in total. The fourth-order valence-electron chi connectivity index (χ4n) is 1.79. The van der Waals surface area contributed by atoms with E-state index >= 15 is 0 Å². The molecule has 0 amide bonds. The van der Waals surface area contributed by atoms with Gasteiger partial charge in [-0.15, -0.1) is 0 Å². The second-order valence-electron chi connectivity index (χ2n) is 3.46. The quantitative estimate of drug-likeness (QED) is 0.582. The highest BCUT2D eigenvalue weighted by Gasteiger charge is 2.16. The largest absolute Gasteiger partial charge is 0.348 e. The second kappa shape index (κ2) is 6.03. The molecule has 1 aromatic rings. The van der Waals surface area contributed by atoms with Gasteiger partial charge in [0, 0.05) is 24.5 Å². The van der Waals surface area contributed by atoms with Crippen LogP contribution in [0.15, 0.2) is 30.1 Å². The normalized spacial score (nSPS) is 13.0. The molecule has 0 radical (unpaired) electrons. The van der Waals surface area contributed by atoms with Crippen LogP contribution in [0.25, 0.3) is 6.08 Å². The monoisotopic (exact) mass is 234 g/mol. The maximum absolute atomic E-state index is 10.7. The number of nitrogens with zero attached hydrogens (tertiary/aromatic N) is 2. The van der Waals surface area contributed by atoms with Crippen molar-refractivity contribution >= 4 is 6.08 Å². The first kappa shape index (κ1) is 13.2. The summed E-state index contributed by atoms with van der Waals surface area (Å²) in [5.41, 5.74) is 2.35. The summed E-state index contributed by atoms with van der Waals surface area (Å²) in [6, 6.07) is 1.95. The van der Waals surface area contributed by atoms with Crippen LogP contribution in [-0.4, -0.2) is 9.49 Å². The zero-order valence-corrected chi connectivity index (χ0v) is 10.5. The first-order valence-electron chi connectivity index (χ1n) is 5.92. The molecule has 0 atom stereocenters. The Labute approximate surface area is 101 Å². The van der Waals surface area contributed by atoms with Crippen LogP contribution in [0.3, 0.4) is 0 Å². The lowest BCUT2D eigenvalue weighted by atomic mass is 10.1. The van der Waals surface area contributed by atoms with Crippen LogP contribution in [0.1, 0.15) is 32.0 Å². The van der Waals surface area contributed by atoms with Crippen molar-refractivity contribution in [2.24, 2.45) is 0 Å². The maximum atomic E-state index is 10.7. The van der Waals surface area contributed by atoms with Gasteiger partial charge in [-0.25, -0.2) is 0 Å². The Morgan fingerprint density at radius 3 is 2.76 bits per heavy atom. The van der Waals surface area contributed by atoms with E-state index < -0.39 is 0 Å². The molecule has 17 heavy (non-hydrogen) atoms. The second-order valence-corrected chi connectivity index (χ2v) is 3.46. The van der Waals surface area contributed by atoms with Crippen LogP contribution in [-0.2, 0) is 13.0 Å². The Morgan fingerprint density at radius 2 is 2.18 bits per heavy atom. The third kappa shape index (κ3) is 2.84. The van der Waals surface area contributed by atoms with Gasteiger partial charge in [0.15, 0.2) is 0 Å². The lowest BCUT2D eigenvalue weighted by Gasteiger charge is -2.02. The van der Waals surface area contributed by atoms with Crippen LogP contribution in [0.2, 0.25) is 0 Å². The van der Waals surface area contributed by atoms with Gasteiger partial charge < -0.3 is 4.57 Å². The highest BCUT2D eigenvalue weighted by Crippen LogP contribution is 2.20. The van der Waals surface area contributed by atoms with Gasteiger partial charge in [-0.05, 0) is 24.6 Å². The van der Waals surface area contributed by atoms with E-state index in [1.54, 1.807) is 12.2 Å². The van der Waals surface area contributed by atoms with Gasteiger partial charge in [0.05, 0.1) is 11.3 Å². The molecule has 2 rings (SSSR count). The summed E-state index contributed by atoms with van der Waals surface area (Å²) >= 11 is 0. The first-order chi connectivity index (χ1) is 8.22. The van der Waals surface area contributed by atoms with Crippen LogP contribution in [0.4, 0.5) is 0 Å². The van der Waals surface area contributed by atoms with Crippen molar-refractivity contribution in [3.63, 3.8) is 0 Å². The molecule has 0 saturated heterocycles. The van der Waals surface area contributed by atoms with Crippen LogP contribution >= 0.6 is 0 Å². The standard InChI is InChI=1S/C11H12N2O2.C2H6/c1-2-12-7-6-9-8-10(13(14)15)4-3-5-11(9)12;1-2/h3-7H,2,8H2,1H3;1-2H3. The fraction of sp³-hybridized carbons (Fsp3) is 0.385. The minimum Gasteiger partial charge on any atom is -0.348 e. The van der Waals surface area contributed by atoms with Crippen molar-refractivity contribution in [3.05, 3.63) is 51.5 Å². The van der Waals surface area contributed by atoms with Gasteiger partial charge in [0.2, 0.25) is 0 Å². The molecule has 1 aromatic heterocycles. The summed E-state index contributed by atoms with van der Waals surface area (Å²) in [5.74, 6) is 0. The number of hydrogen-bond donors (Lipinski definition) is 0. The fourth-order valence-corrected chi connectivity index (χ4v) is 1.79. The molecule has 0 saturated carbocycles. The Kier molecular flexibility index (Phi) is 4.69. The van der Waals surface area contributed by atoms with E-state index in [9.17, 15) is 10.1 Å². The molecule has 4 heteroatoms. The molecule has 0 aromatic carbocycles. The molecule has 92 valence electrons. The summed E-state index contributed by atoms with van der Waals surface area (Å²) in [6.07, 6.45) is 7.62. The van der Waals surface area contributed by atoms with E-state index in [4.69, 9.17) is 0 Å². The van der Waals surface area contributed by atoms with Crippen molar-refractivity contribution in [1.29, 1.82) is 0 Å². The van der Waals surface area contributed by atoms with Gasteiger partial charge in [-0.2, -0.15) is 0 Å². The van der Waals surface area contributed by atoms with Crippen LogP contribution in [0, 0.1) is 10.1 Å². The summed E-state index contributed by atoms with van der Waals surface area (Å²) in [7, 11) is 0. The average molecular weight is 234 g/mol. The van der Waals surface area contributed by atoms with Crippen molar-refractivity contribution in [2.45, 2.75) is 33.7 Å². The van der Waals surface area contributed by atoms with Gasteiger partial charge >= 0.3 is 0 Å². The Balaban J connectivity index is 0.000000686. The first-order valence-corrected chi connectivity index (χ1v) is 5.92. The number of allylic oxidation sites excluding steroid dienone is 3. The van der Waals surface area contributed by atoms with Gasteiger partial charge in [-0.3, -0.25) is 10.1 Å². The molecule has 1 heterocycles. The summed E-state index contributed by atoms with van der Waals surface area (Å²) in [6.45, 7) is 6.94. The summed E-state index contributed by atoms with van der Waals surface area (Å²) in [5, 5.41) is 10.7. The number of hydrogen-bond acceptors (Lipinski definition) is 2. The lowest BCUT2D eigenvalue weighted by molar-refractivity contribution is -0.427. The molecule has 0 fully saturated rings. The minimum atomic E-state index is -0.317. The number of fused-ring (bicyclic) bond motifs is 1. The number of aryl methyl sites for hydroxylation is 1. The van der Waals surface area contributed by atoms with Gasteiger partial charge in [0.25, 0.3) is 5.70 Å². The molecule has 1 aliphatic rings. The smallest absolute Gasteiger partial charge is 0.250 e. The van der Waals surface area contributed by atoms with Gasteiger partial charge in [0.1, 0.15) is 0 Å². The van der Waals surface area contributed by atoms with Crippen molar-refractivity contribution in [2.75, 3.05) is 0 Å². The van der Waals surface area contributed by atoms with Gasteiger partial charge in [-0.1, -0.05) is 19.9 Å². The molecule has 0 aliphatic heterocycles. The maximum Gasteiger partial charge on any atom is 0.250 e. The highest BCUT2D eigenvalue weighted by atomic mass is 16.6. The molecule has 0 bridgehead atoms. The summed E-state index contributed by atoms with van der Waals surface area (Å²) < 4.78 is 2.09. The molecule has 0 unspecified atom stereocenters. The van der Waals surface area contributed by atoms with E-state index in [1.165, 1.54) is 0 Å². The molecule has 1 aliphatic carbocycles. The number of aromatic nitrogens is 1. The van der Waals surface area contributed by atoms with E-state index in [2.05, 4.69) is 11.5 Å². The summed E-state index contributed by atoms with van der Waals surface area (Å²) in [4.78, 5) is 10.4. The zero-order chi connectivity index (χ0) is 12.8. The predicted octanol–water partition coefficient (Wildman–Crippen LogP) is 3.26. The Bertz CT molecular complexity index is 456. The molecule has 0 spiro atoms. The number of rotatable bonds is 2. The minimum absolute atomic E-state index is 0.249. The third-order valence-corrected chi connectivity index (χ3v) is 2.58. The highest BCUT2D eigenvalue weighted by molar-refractivity contribution is 5.55. The van der Waals surface area contributed by atoms with Crippen molar-refractivity contribution in [3.8, 4) is 0 Å². The van der Waals surface area contributed by atoms with Crippen molar-refractivity contribution in [1.82, 2.24) is 4.57 Å². The predicted molar refractivity (Wildman–Crippen MR) is 69.3 cm³/mol.